The summed E-state index contributed by atoms with van der Waals surface area (Å²) >= 11 is -1.13. The normalized spacial score (nSPS) is 42.4. The molecule has 2 atom stereocenters. The summed E-state index contributed by atoms with van der Waals surface area (Å²) in [7, 11) is 0. The van der Waals surface area contributed by atoms with Crippen LogP contribution in [0.15, 0.2) is 0 Å². The molecule has 2 nitrogen and oxygen atoms in total. The Morgan fingerprint density at radius 3 is 2.78 bits per heavy atom. The molecular formula is C6H8O2S. The first-order valence-corrected chi connectivity index (χ1v) is 3.90. The van der Waals surface area contributed by atoms with E-state index in [9.17, 15) is 4.21 Å². The Kier molecular flexibility index (Phi) is 1.60. The Hall–Kier alpha value is -0.330. The fourth-order valence-corrected chi connectivity index (χ4v) is 1.78. The molecule has 9 heavy (non-hydrogen) atoms. The lowest BCUT2D eigenvalue weighted by Gasteiger charge is -2.08. The van der Waals surface area contributed by atoms with Crippen LogP contribution in [0, 0.1) is 17.8 Å². The lowest BCUT2D eigenvalue weighted by Crippen LogP contribution is -2.16. The van der Waals surface area contributed by atoms with E-state index >= 15 is 0 Å². The minimum Gasteiger partial charge on any atom is -0.289 e. The van der Waals surface area contributed by atoms with Crippen LogP contribution in [0.2, 0.25) is 0 Å². The summed E-state index contributed by atoms with van der Waals surface area (Å²) < 4.78 is 15.4. The van der Waals surface area contributed by atoms with Gasteiger partial charge in [0.05, 0.1) is 17.8 Å². The fourth-order valence-electron chi connectivity index (χ4n) is 0.623. The van der Waals surface area contributed by atoms with Gasteiger partial charge in [0.1, 0.15) is 0 Å². The summed E-state index contributed by atoms with van der Waals surface area (Å²) in [5, 5.41) is 0. The van der Waals surface area contributed by atoms with Gasteiger partial charge in [-0.1, -0.05) is 5.92 Å². The van der Waals surface area contributed by atoms with E-state index in [0.29, 0.717) is 12.4 Å². The predicted molar refractivity (Wildman–Crippen MR) is 35.9 cm³/mol. The Balaban J connectivity index is 2.68. The molecule has 0 aliphatic carbocycles. The Morgan fingerprint density at radius 1 is 1.89 bits per heavy atom. The van der Waals surface area contributed by atoms with Crippen LogP contribution in [0.1, 0.15) is 6.92 Å². The third kappa shape index (κ3) is 1.32. The summed E-state index contributed by atoms with van der Waals surface area (Å²) in [4.78, 5) is 0. The molecule has 0 radical (unpaired) electrons. The third-order valence-electron chi connectivity index (χ3n) is 1.29. The van der Waals surface area contributed by atoms with Crippen molar-refractivity contribution in [1.29, 1.82) is 0 Å². The van der Waals surface area contributed by atoms with Crippen molar-refractivity contribution in [3.63, 3.8) is 0 Å². The first kappa shape index (κ1) is 6.79. The van der Waals surface area contributed by atoms with Crippen LogP contribution in [0.4, 0.5) is 0 Å². The molecular weight excluding hydrogens is 136 g/mol. The molecule has 0 aromatic heterocycles. The van der Waals surface area contributed by atoms with Gasteiger partial charge in [0.25, 0.3) is 0 Å². The van der Waals surface area contributed by atoms with Crippen molar-refractivity contribution in [2.75, 3.05) is 12.4 Å². The second kappa shape index (κ2) is 2.13. The molecule has 0 aromatic carbocycles. The van der Waals surface area contributed by atoms with Gasteiger partial charge in [-0.2, -0.15) is 0 Å². The van der Waals surface area contributed by atoms with Crippen LogP contribution >= 0.6 is 0 Å². The summed E-state index contributed by atoms with van der Waals surface area (Å²) in [6.45, 7) is 2.30. The second-order valence-electron chi connectivity index (χ2n) is 2.42. The van der Waals surface area contributed by atoms with Gasteiger partial charge in [-0.3, -0.25) is 4.18 Å². The quantitative estimate of drug-likeness (QED) is 0.458. The topological polar surface area (TPSA) is 26.3 Å². The van der Waals surface area contributed by atoms with Crippen LogP contribution < -0.4 is 0 Å². The highest BCUT2D eigenvalue weighted by Crippen LogP contribution is 2.23. The Bertz CT molecular complexity index is 182. The van der Waals surface area contributed by atoms with Crippen LogP contribution in [-0.2, 0) is 15.3 Å². The molecule has 0 amide bonds. The summed E-state index contributed by atoms with van der Waals surface area (Å²) in [6, 6.07) is 0. The highest BCUT2D eigenvalue weighted by Gasteiger charge is 2.32. The summed E-state index contributed by atoms with van der Waals surface area (Å²) in [6.07, 6.45) is 5.17. The zero-order valence-electron chi connectivity index (χ0n) is 5.22. The van der Waals surface area contributed by atoms with E-state index in [1.165, 1.54) is 0 Å². The molecule has 3 heteroatoms. The number of hydrogen-bond acceptors (Lipinski definition) is 2. The van der Waals surface area contributed by atoms with Gasteiger partial charge in [-0.05, 0) is 6.92 Å². The third-order valence-corrected chi connectivity index (χ3v) is 2.55. The standard InChI is InChI=1S/C6H8O2S/c1-3-6(2)4-8-9(7)5-6/h1H,4-5H2,2H3. The molecule has 1 saturated heterocycles. The van der Waals surface area contributed by atoms with Gasteiger partial charge in [0, 0.05) is 0 Å². The van der Waals surface area contributed by atoms with Crippen LogP contribution in [0.5, 0.6) is 0 Å². The Labute approximate surface area is 57.3 Å². The number of terminal acetylenes is 1. The SMILES string of the molecule is C#CC1(C)COS(=O)C1. The number of rotatable bonds is 0. The lowest BCUT2D eigenvalue weighted by atomic mass is 9.97. The maximum Gasteiger partial charge on any atom is 0.157 e. The van der Waals surface area contributed by atoms with Gasteiger partial charge in [-0.25, -0.2) is 4.21 Å². The van der Waals surface area contributed by atoms with E-state index in [2.05, 4.69) is 5.92 Å². The van der Waals surface area contributed by atoms with Crippen molar-refractivity contribution >= 4 is 11.1 Å². The smallest absolute Gasteiger partial charge is 0.157 e. The minimum atomic E-state index is -1.13. The fraction of sp³-hybridized carbons (Fsp3) is 0.667. The average molecular weight is 144 g/mol. The van der Waals surface area contributed by atoms with E-state index in [4.69, 9.17) is 10.6 Å². The molecule has 1 aliphatic rings. The van der Waals surface area contributed by atoms with Crippen molar-refractivity contribution in [2.45, 2.75) is 6.92 Å². The maximum atomic E-state index is 10.6. The van der Waals surface area contributed by atoms with E-state index in [-0.39, 0.29) is 5.41 Å². The van der Waals surface area contributed by atoms with Gasteiger partial charge < -0.3 is 0 Å². The minimum absolute atomic E-state index is 0.287. The molecule has 1 aliphatic heterocycles. The van der Waals surface area contributed by atoms with Crippen molar-refractivity contribution in [2.24, 2.45) is 5.41 Å². The first-order valence-electron chi connectivity index (χ1n) is 2.66. The van der Waals surface area contributed by atoms with Crippen molar-refractivity contribution in [3.05, 3.63) is 0 Å². The van der Waals surface area contributed by atoms with E-state index < -0.39 is 11.1 Å². The zero-order chi connectivity index (χ0) is 6.91. The molecule has 50 valence electrons. The van der Waals surface area contributed by atoms with E-state index in [0.717, 1.165) is 0 Å². The summed E-state index contributed by atoms with van der Waals surface area (Å²) in [5.74, 6) is 3.03. The van der Waals surface area contributed by atoms with Gasteiger partial charge in [0.2, 0.25) is 0 Å². The van der Waals surface area contributed by atoms with Gasteiger partial charge in [0.15, 0.2) is 11.1 Å². The van der Waals surface area contributed by atoms with E-state index in [1.54, 1.807) is 0 Å². The van der Waals surface area contributed by atoms with Crippen LogP contribution in [0.3, 0.4) is 0 Å². The number of hydrogen-bond donors (Lipinski definition) is 0. The predicted octanol–water partition coefficient (Wildman–Crippen LogP) is 0.320. The van der Waals surface area contributed by atoms with Crippen LogP contribution in [-0.4, -0.2) is 16.6 Å². The molecule has 0 saturated carbocycles. The molecule has 1 heterocycles. The molecule has 0 spiro atoms. The monoisotopic (exact) mass is 144 g/mol. The highest BCUT2D eigenvalue weighted by molar-refractivity contribution is 7.80. The van der Waals surface area contributed by atoms with E-state index in [1.807, 2.05) is 6.92 Å². The first-order chi connectivity index (χ1) is 4.16. The average Bonchev–Trinajstić information content (AvgIpc) is 2.13. The lowest BCUT2D eigenvalue weighted by molar-refractivity contribution is 0.298. The van der Waals surface area contributed by atoms with Crippen molar-refractivity contribution in [3.8, 4) is 12.3 Å². The second-order valence-corrected chi connectivity index (χ2v) is 3.55. The molecule has 2 unspecified atom stereocenters. The van der Waals surface area contributed by atoms with Gasteiger partial charge in [-0.15, -0.1) is 6.42 Å². The molecule has 1 fully saturated rings. The zero-order valence-corrected chi connectivity index (χ0v) is 6.03. The highest BCUT2D eigenvalue weighted by atomic mass is 32.2. The molecule has 0 N–H and O–H groups in total. The molecule has 0 aromatic rings. The van der Waals surface area contributed by atoms with Crippen molar-refractivity contribution < 1.29 is 8.39 Å². The summed E-state index contributed by atoms with van der Waals surface area (Å²) in [5.41, 5.74) is -0.287. The molecule has 1 rings (SSSR count). The van der Waals surface area contributed by atoms with Crippen LogP contribution in [0.25, 0.3) is 0 Å². The van der Waals surface area contributed by atoms with Crippen molar-refractivity contribution in [1.82, 2.24) is 0 Å². The molecule has 0 bridgehead atoms. The van der Waals surface area contributed by atoms with Gasteiger partial charge >= 0.3 is 0 Å². The largest absolute Gasteiger partial charge is 0.289 e. The maximum absolute atomic E-state index is 10.6. The Morgan fingerprint density at radius 2 is 2.56 bits per heavy atom.